The predicted molar refractivity (Wildman–Crippen MR) is 74.3 cm³/mol. The molecule has 1 aromatic carbocycles. The molecule has 2 aliphatic rings. The number of rotatable bonds is 1. The molecular weight excluding hydrogens is 256 g/mol. The largest absolute Gasteiger partial charge is 0.447 e. The standard InChI is InChI=1S/C15H14N2O3/c18-14-9-11(5-7-16-14)17-8-6-15(10-17)19-12-3-1-2-4-13(12)20-15/h1-5,7,9H,6,8,10H2,(H,16,18). The molecule has 0 atom stereocenters. The predicted octanol–water partition coefficient (Wildman–Crippen LogP) is 1.75. The van der Waals surface area contributed by atoms with Gasteiger partial charge in [-0.1, -0.05) is 12.1 Å². The number of H-pyrrole nitrogens is 1. The first kappa shape index (κ1) is 11.4. The Balaban J connectivity index is 1.59. The summed E-state index contributed by atoms with van der Waals surface area (Å²) in [5.74, 6) is 0.965. The average Bonchev–Trinajstić information content (AvgIpc) is 3.02. The number of hydrogen-bond acceptors (Lipinski definition) is 4. The van der Waals surface area contributed by atoms with Crippen molar-refractivity contribution in [2.75, 3.05) is 18.0 Å². The molecule has 0 amide bonds. The van der Waals surface area contributed by atoms with E-state index in [4.69, 9.17) is 9.47 Å². The van der Waals surface area contributed by atoms with Gasteiger partial charge in [0.1, 0.15) is 0 Å². The van der Waals surface area contributed by atoms with E-state index >= 15 is 0 Å². The van der Waals surface area contributed by atoms with E-state index in [2.05, 4.69) is 9.88 Å². The second kappa shape index (κ2) is 4.03. The van der Waals surface area contributed by atoms with Gasteiger partial charge in [-0.15, -0.1) is 0 Å². The van der Waals surface area contributed by atoms with Crippen molar-refractivity contribution in [3.05, 3.63) is 52.9 Å². The average molecular weight is 270 g/mol. The SMILES string of the molecule is O=c1cc(N2CCC3(C2)Oc2ccccc2O3)cc[nH]1. The van der Waals surface area contributed by atoms with Crippen LogP contribution in [-0.2, 0) is 0 Å². The summed E-state index contributed by atoms with van der Waals surface area (Å²) < 4.78 is 12.0. The third kappa shape index (κ3) is 1.74. The van der Waals surface area contributed by atoms with E-state index in [1.54, 1.807) is 12.3 Å². The van der Waals surface area contributed by atoms with Crippen molar-refractivity contribution in [1.82, 2.24) is 4.98 Å². The Labute approximate surface area is 115 Å². The van der Waals surface area contributed by atoms with Gasteiger partial charge in [0.05, 0.1) is 6.54 Å². The zero-order valence-electron chi connectivity index (χ0n) is 10.8. The first-order valence-corrected chi connectivity index (χ1v) is 6.65. The van der Waals surface area contributed by atoms with Crippen LogP contribution >= 0.6 is 0 Å². The minimum atomic E-state index is -0.619. The Morgan fingerprint density at radius 2 is 1.90 bits per heavy atom. The minimum Gasteiger partial charge on any atom is -0.447 e. The fourth-order valence-electron chi connectivity index (χ4n) is 2.81. The van der Waals surface area contributed by atoms with Gasteiger partial charge in [-0.3, -0.25) is 4.79 Å². The lowest BCUT2D eigenvalue weighted by atomic mass is 10.2. The van der Waals surface area contributed by atoms with Gasteiger partial charge in [0.2, 0.25) is 5.56 Å². The zero-order valence-corrected chi connectivity index (χ0v) is 10.8. The van der Waals surface area contributed by atoms with Gasteiger partial charge >= 0.3 is 0 Å². The second-order valence-corrected chi connectivity index (χ2v) is 5.14. The highest BCUT2D eigenvalue weighted by Gasteiger charge is 2.47. The first-order chi connectivity index (χ1) is 9.74. The summed E-state index contributed by atoms with van der Waals surface area (Å²) in [6.45, 7) is 1.42. The van der Waals surface area contributed by atoms with E-state index < -0.39 is 5.79 Å². The maximum atomic E-state index is 11.4. The zero-order chi connectivity index (χ0) is 13.6. The fourth-order valence-corrected chi connectivity index (χ4v) is 2.81. The number of nitrogens with zero attached hydrogens (tertiary/aromatic N) is 1. The summed E-state index contributed by atoms with van der Waals surface area (Å²) in [6.07, 6.45) is 2.43. The molecule has 4 rings (SSSR count). The van der Waals surface area contributed by atoms with Gasteiger partial charge in [-0.25, -0.2) is 0 Å². The quantitative estimate of drug-likeness (QED) is 0.857. The lowest BCUT2D eigenvalue weighted by Gasteiger charge is -2.23. The number of nitrogens with one attached hydrogen (secondary N) is 1. The molecule has 0 bridgehead atoms. The molecule has 1 saturated heterocycles. The van der Waals surface area contributed by atoms with Gasteiger partial charge in [0.25, 0.3) is 5.79 Å². The third-order valence-electron chi connectivity index (χ3n) is 3.76. The minimum absolute atomic E-state index is 0.0972. The first-order valence-electron chi connectivity index (χ1n) is 6.65. The van der Waals surface area contributed by atoms with E-state index in [-0.39, 0.29) is 5.56 Å². The molecule has 5 nitrogen and oxygen atoms in total. The van der Waals surface area contributed by atoms with E-state index in [1.807, 2.05) is 30.3 Å². The highest BCUT2D eigenvalue weighted by atomic mass is 16.7. The topological polar surface area (TPSA) is 54.6 Å². The van der Waals surface area contributed by atoms with Crippen molar-refractivity contribution in [3.63, 3.8) is 0 Å². The number of benzene rings is 1. The van der Waals surface area contributed by atoms with Gasteiger partial charge in [-0.05, 0) is 18.2 Å². The molecule has 0 saturated carbocycles. The van der Waals surface area contributed by atoms with Crippen LogP contribution in [0, 0.1) is 0 Å². The van der Waals surface area contributed by atoms with Crippen LogP contribution in [0.3, 0.4) is 0 Å². The van der Waals surface area contributed by atoms with Crippen molar-refractivity contribution in [2.45, 2.75) is 12.2 Å². The van der Waals surface area contributed by atoms with Crippen LogP contribution < -0.4 is 19.9 Å². The van der Waals surface area contributed by atoms with Crippen LogP contribution in [0.15, 0.2) is 47.4 Å². The van der Waals surface area contributed by atoms with E-state index in [0.29, 0.717) is 6.54 Å². The molecule has 2 aliphatic heterocycles. The Bertz CT molecular complexity index is 685. The lowest BCUT2D eigenvalue weighted by molar-refractivity contribution is -0.0577. The molecule has 0 unspecified atom stereocenters. The van der Waals surface area contributed by atoms with Crippen LogP contribution in [0.1, 0.15) is 6.42 Å². The molecule has 1 fully saturated rings. The maximum absolute atomic E-state index is 11.4. The number of hydrogen-bond donors (Lipinski definition) is 1. The number of fused-ring (bicyclic) bond motifs is 1. The van der Waals surface area contributed by atoms with E-state index in [0.717, 1.165) is 30.2 Å². The molecule has 20 heavy (non-hydrogen) atoms. The molecule has 1 aromatic heterocycles. The third-order valence-corrected chi connectivity index (χ3v) is 3.76. The normalized spacial score (nSPS) is 18.7. The van der Waals surface area contributed by atoms with Crippen molar-refractivity contribution in [2.24, 2.45) is 0 Å². The van der Waals surface area contributed by atoms with Gasteiger partial charge in [-0.2, -0.15) is 0 Å². The van der Waals surface area contributed by atoms with Crippen molar-refractivity contribution >= 4 is 5.69 Å². The fraction of sp³-hybridized carbons (Fsp3) is 0.267. The van der Waals surface area contributed by atoms with Crippen LogP contribution in [0.4, 0.5) is 5.69 Å². The number of anilines is 1. The monoisotopic (exact) mass is 270 g/mol. The van der Waals surface area contributed by atoms with Crippen molar-refractivity contribution in [1.29, 1.82) is 0 Å². The van der Waals surface area contributed by atoms with Crippen molar-refractivity contribution < 1.29 is 9.47 Å². The van der Waals surface area contributed by atoms with E-state index in [1.165, 1.54) is 0 Å². The summed E-state index contributed by atoms with van der Waals surface area (Å²) in [5, 5.41) is 0. The van der Waals surface area contributed by atoms with E-state index in [9.17, 15) is 4.79 Å². The summed E-state index contributed by atoms with van der Waals surface area (Å²) in [7, 11) is 0. The Morgan fingerprint density at radius 1 is 1.15 bits per heavy atom. The highest BCUT2D eigenvalue weighted by Crippen LogP contribution is 2.43. The Kier molecular flexibility index (Phi) is 2.30. The molecule has 0 radical (unpaired) electrons. The highest BCUT2D eigenvalue weighted by molar-refractivity contribution is 5.49. The second-order valence-electron chi connectivity index (χ2n) is 5.14. The molecule has 102 valence electrons. The van der Waals surface area contributed by atoms with Gasteiger partial charge < -0.3 is 19.4 Å². The Morgan fingerprint density at radius 3 is 2.60 bits per heavy atom. The summed E-state index contributed by atoms with van der Waals surface area (Å²) in [6, 6.07) is 11.2. The molecule has 5 heteroatoms. The van der Waals surface area contributed by atoms with Crippen LogP contribution in [0.2, 0.25) is 0 Å². The Hall–Kier alpha value is -2.43. The number of aromatic amines is 1. The smallest absolute Gasteiger partial charge is 0.270 e. The van der Waals surface area contributed by atoms with Crippen molar-refractivity contribution in [3.8, 4) is 11.5 Å². The maximum Gasteiger partial charge on any atom is 0.270 e. The van der Waals surface area contributed by atoms with Crippen LogP contribution in [-0.4, -0.2) is 23.9 Å². The molecular formula is C15H14N2O3. The molecule has 0 aliphatic carbocycles. The van der Waals surface area contributed by atoms with Gasteiger partial charge in [0.15, 0.2) is 11.5 Å². The number of ether oxygens (including phenoxy) is 2. The van der Waals surface area contributed by atoms with Crippen LogP contribution in [0.25, 0.3) is 0 Å². The number of para-hydroxylation sites is 2. The number of aromatic nitrogens is 1. The molecule has 3 heterocycles. The molecule has 1 N–H and O–H groups in total. The summed E-state index contributed by atoms with van der Waals surface area (Å²) >= 11 is 0. The van der Waals surface area contributed by atoms with Gasteiger partial charge in [0, 0.05) is 30.9 Å². The van der Waals surface area contributed by atoms with Crippen LogP contribution in [0.5, 0.6) is 11.5 Å². The summed E-state index contributed by atoms with van der Waals surface area (Å²) in [4.78, 5) is 16.1. The summed E-state index contributed by atoms with van der Waals surface area (Å²) in [5.41, 5.74) is 0.800. The number of pyridine rings is 1. The molecule has 2 aromatic rings. The lowest BCUT2D eigenvalue weighted by Crippen LogP contribution is -2.41. The molecule has 1 spiro atoms.